The third kappa shape index (κ3) is 4.92. The van der Waals surface area contributed by atoms with E-state index in [1.54, 1.807) is 0 Å². The molecule has 0 radical (unpaired) electrons. The molecule has 0 spiro atoms. The first-order valence-electron chi connectivity index (χ1n) is 13.5. The van der Waals surface area contributed by atoms with Crippen molar-refractivity contribution in [1.82, 2.24) is 5.32 Å². The Morgan fingerprint density at radius 1 is 0.971 bits per heavy atom. The summed E-state index contributed by atoms with van der Waals surface area (Å²) in [5.41, 5.74) is -0.474. The highest BCUT2D eigenvalue weighted by molar-refractivity contribution is 7.85. The number of aliphatic hydroxyl groups excluding tert-OH is 3. The van der Waals surface area contributed by atoms with Crippen molar-refractivity contribution in [2.45, 2.75) is 96.9 Å². The van der Waals surface area contributed by atoms with Crippen molar-refractivity contribution in [3.63, 3.8) is 0 Å². The van der Waals surface area contributed by atoms with Gasteiger partial charge in [-0.25, -0.2) is 0 Å². The minimum absolute atomic E-state index is 0.0975. The van der Waals surface area contributed by atoms with Gasteiger partial charge in [-0.2, -0.15) is 8.42 Å². The largest absolute Gasteiger partial charge is 0.393 e. The quantitative estimate of drug-likeness (QED) is 0.327. The van der Waals surface area contributed by atoms with Gasteiger partial charge in [-0.15, -0.1) is 0 Å². The Labute approximate surface area is 210 Å². The highest BCUT2D eigenvalue weighted by atomic mass is 32.2. The van der Waals surface area contributed by atoms with E-state index in [0.29, 0.717) is 49.4 Å². The molecule has 4 fully saturated rings. The number of nitrogens with one attached hydrogen (secondary N) is 1. The van der Waals surface area contributed by atoms with E-state index in [2.05, 4.69) is 26.1 Å². The van der Waals surface area contributed by atoms with Crippen LogP contribution in [0.25, 0.3) is 0 Å². The van der Waals surface area contributed by atoms with Gasteiger partial charge in [-0.3, -0.25) is 9.35 Å². The van der Waals surface area contributed by atoms with Crippen LogP contribution < -0.4 is 5.32 Å². The average molecular weight is 516 g/mol. The van der Waals surface area contributed by atoms with Gasteiger partial charge in [0.2, 0.25) is 5.91 Å². The van der Waals surface area contributed by atoms with Gasteiger partial charge in [0.15, 0.2) is 0 Å². The number of amides is 1. The lowest BCUT2D eigenvalue weighted by atomic mass is 9.43. The maximum Gasteiger partial charge on any atom is 0.266 e. The van der Waals surface area contributed by atoms with Crippen LogP contribution in [-0.2, 0) is 14.9 Å². The predicted molar refractivity (Wildman–Crippen MR) is 132 cm³/mol. The van der Waals surface area contributed by atoms with Crippen molar-refractivity contribution >= 4 is 16.0 Å². The normalized spacial score (nSPS) is 46.3. The van der Waals surface area contributed by atoms with E-state index in [-0.39, 0.29) is 35.1 Å². The highest BCUT2D eigenvalue weighted by Crippen LogP contribution is 2.68. The van der Waals surface area contributed by atoms with Gasteiger partial charge in [0.25, 0.3) is 10.1 Å². The van der Waals surface area contributed by atoms with Crippen LogP contribution >= 0.6 is 0 Å². The Morgan fingerprint density at radius 2 is 1.66 bits per heavy atom. The lowest BCUT2D eigenvalue weighted by Gasteiger charge is -2.63. The molecule has 0 aliphatic heterocycles. The second-order valence-corrected chi connectivity index (χ2v) is 14.2. The number of hydrogen-bond acceptors (Lipinski definition) is 6. The number of rotatable bonds is 7. The molecule has 9 heteroatoms. The summed E-state index contributed by atoms with van der Waals surface area (Å²) in [6.07, 6.45) is 5.62. The summed E-state index contributed by atoms with van der Waals surface area (Å²) in [7, 11) is -4.09. The predicted octanol–water partition coefficient (Wildman–Crippen LogP) is 2.37. The molecule has 1 amide bonds. The molecule has 35 heavy (non-hydrogen) atoms. The van der Waals surface area contributed by atoms with Crippen molar-refractivity contribution in [3.05, 3.63) is 0 Å². The Morgan fingerprint density at radius 3 is 2.34 bits per heavy atom. The zero-order valence-corrected chi connectivity index (χ0v) is 22.2. The van der Waals surface area contributed by atoms with Crippen molar-refractivity contribution in [3.8, 4) is 0 Å². The molecule has 202 valence electrons. The Hall–Kier alpha value is -0.740. The summed E-state index contributed by atoms with van der Waals surface area (Å²) in [5, 5.41) is 35.6. The SMILES string of the molecule is C[C@H](CCC(=O)NCCS(=O)(=O)O)[C@H]1CCC2C3CC[C@@H]4CC(O)C[C@@H](O)[C@]4(C)C3C[C@H](O)[C@@]21C. The van der Waals surface area contributed by atoms with Gasteiger partial charge in [-0.1, -0.05) is 20.8 Å². The summed E-state index contributed by atoms with van der Waals surface area (Å²) < 4.78 is 30.5. The van der Waals surface area contributed by atoms with E-state index in [4.69, 9.17) is 4.55 Å². The van der Waals surface area contributed by atoms with E-state index < -0.39 is 34.2 Å². The van der Waals surface area contributed by atoms with Crippen LogP contribution in [0.2, 0.25) is 0 Å². The van der Waals surface area contributed by atoms with E-state index in [9.17, 15) is 28.5 Å². The second-order valence-electron chi connectivity index (χ2n) is 12.6. The molecule has 8 nitrogen and oxygen atoms in total. The van der Waals surface area contributed by atoms with Crippen molar-refractivity contribution < 1.29 is 33.1 Å². The topological polar surface area (TPSA) is 144 Å². The van der Waals surface area contributed by atoms with Crippen LogP contribution in [-0.4, -0.2) is 64.8 Å². The first-order valence-corrected chi connectivity index (χ1v) is 15.1. The third-order valence-corrected chi connectivity index (χ3v) is 11.8. The molecule has 0 heterocycles. The Bertz CT molecular complexity index is 896. The van der Waals surface area contributed by atoms with E-state index >= 15 is 0 Å². The third-order valence-electron chi connectivity index (χ3n) is 11.1. The summed E-state index contributed by atoms with van der Waals surface area (Å²) in [6.45, 7) is 6.51. The molecule has 0 aromatic rings. The number of carbonyl (C=O) groups excluding carboxylic acids is 1. The second kappa shape index (κ2) is 9.86. The molecular formula is C26H45NO7S. The van der Waals surface area contributed by atoms with Crippen LogP contribution in [0.4, 0.5) is 0 Å². The molecule has 4 unspecified atom stereocenters. The minimum Gasteiger partial charge on any atom is -0.393 e. The molecule has 0 bridgehead atoms. The zero-order chi connectivity index (χ0) is 25.8. The van der Waals surface area contributed by atoms with Crippen LogP contribution in [0.15, 0.2) is 0 Å². The van der Waals surface area contributed by atoms with Gasteiger partial charge in [0, 0.05) is 13.0 Å². The lowest BCUT2D eigenvalue weighted by molar-refractivity contribution is -0.207. The highest BCUT2D eigenvalue weighted by Gasteiger charge is 2.65. The lowest BCUT2D eigenvalue weighted by Crippen LogP contribution is -2.62. The summed E-state index contributed by atoms with van der Waals surface area (Å²) >= 11 is 0. The first-order chi connectivity index (χ1) is 16.3. The first kappa shape index (κ1) is 27.3. The maximum absolute atomic E-state index is 12.2. The van der Waals surface area contributed by atoms with Gasteiger partial charge in [0.1, 0.15) is 0 Å². The maximum atomic E-state index is 12.2. The minimum atomic E-state index is -4.09. The Balaban J connectivity index is 1.42. The molecule has 0 aromatic heterocycles. The van der Waals surface area contributed by atoms with E-state index in [1.165, 1.54) is 0 Å². The molecule has 0 aromatic carbocycles. The van der Waals surface area contributed by atoms with Gasteiger partial charge in [-0.05, 0) is 97.7 Å². The zero-order valence-electron chi connectivity index (χ0n) is 21.4. The molecule has 4 aliphatic carbocycles. The van der Waals surface area contributed by atoms with Gasteiger partial charge in [0.05, 0.1) is 24.1 Å². The number of hydrogen-bond donors (Lipinski definition) is 5. The van der Waals surface area contributed by atoms with Crippen LogP contribution in [0.3, 0.4) is 0 Å². The van der Waals surface area contributed by atoms with Crippen molar-refractivity contribution in [2.75, 3.05) is 12.3 Å². The van der Waals surface area contributed by atoms with Crippen molar-refractivity contribution in [2.24, 2.45) is 46.3 Å². The summed E-state index contributed by atoms with van der Waals surface area (Å²) in [4.78, 5) is 12.2. The number of carbonyl (C=O) groups is 1. The fourth-order valence-corrected chi connectivity index (χ4v) is 9.55. The molecule has 5 N–H and O–H groups in total. The molecular weight excluding hydrogens is 470 g/mol. The number of fused-ring (bicyclic) bond motifs is 5. The van der Waals surface area contributed by atoms with Gasteiger partial charge >= 0.3 is 0 Å². The molecule has 4 aliphatic rings. The fraction of sp³-hybridized carbons (Fsp3) is 0.962. The fourth-order valence-electron chi connectivity index (χ4n) is 9.19. The summed E-state index contributed by atoms with van der Waals surface area (Å²) in [5.74, 6) is 1.26. The monoisotopic (exact) mass is 515 g/mol. The smallest absolute Gasteiger partial charge is 0.266 e. The molecule has 4 rings (SSSR count). The van der Waals surface area contributed by atoms with E-state index in [1.807, 2.05) is 0 Å². The van der Waals surface area contributed by atoms with Gasteiger partial charge < -0.3 is 20.6 Å². The Kier molecular flexibility index (Phi) is 7.69. The average Bonchev–Trinajstić information content (AvgIpc) is 3.12. The van der Waals surface area contributed by atoms with Crippen molar-refractivity contribution in [1.29, 1.82) is 0 Å². The van der Waals surface area contributed by atoms with Crippen LogP contribution in [0.5, 0.6) is 0 Å². The van der Waals surface area contributed by atoms with Crippen LogP contribution in [0.1, 0.15) is 78.6 Å². The number of aliphatic hydroxyl groups is 3. The standard InChI is InChI=1S/C26H45NO7S/c1-15(4-9-24(31)27-10-11-35(32,33)34)19-7-8-20-18-6-5-16-12-17(28)13-22(29)25(16,2)21(18)14-23(30)26(19,20)3/h15-23,28-30H,4-14H2,1-3H3,(H,27,31)(H,32,33,34)/t15-,16-,17?,18?,19-,20?,21?,22-,23+,25+,26-/m1/s1. The van der Waals surface area contributed by atoms with Crippen LogP contribution in [0, 0.1) is 46.3 Å². The molecule has 11 atom stereocenters. The van der Waals surface area contributed by atoms with E-state index in [0.717, 1.165) is 32.1 Å². The molecule has 0 saturated heterocycles. The molecule has 4 saturated carbocycles. The summed E-state index contributed by atoms with van der Waals surface area (Å²) in [6, 6.07) is 0.